The predicted molar refractivity (Wildman–Crippen MR) is 68.8 cm³/mol. The van der Waals surface area contributed by atoms with Crippen molar-refractivity contribution in [3.05, 3.63) is 12.7 Å². The molecular formula is C13H26N2O. The number of likely N-dealkylation sites (N-methyl/N-ethyl adjacent to an activating group) is 1. The van der Waals surface area contributed by atoms with E-state index in [1.807, 2.05) is 6.08 Å². The SMILES string of the molecule is C=CCCCCCNCC1CN(C)CCO1. The summed E-state index contributed by atoms with van der Waals surface area (Å²) in [5, 5.41) is 3.48. The summed E-state index contributed by atoms with van der Waals surface area (Å²) in [7, 11) is 2.16. The first kappa shape index (κ1) is 13.7. The molecule has 0 aromatic rings. The van der Waals surface area contributed by atoms with E-state index in [0.717, 1.165) is 39.2 Å². The maximum Gasteiger partial charge on any atom is 0.0826 e. The molecule has 1 atom stereocenters. The van der Waals surface area contributed by atoms with E-state index < -0.39 is 0 Å². The summed E-state index contributed by atoms with van der Waals surface area (Å²) in [6, 6.07) is 0. The van der Waals surface area contributed by atoms with Crippen molar-refractivity contribution in [2.45, 2.75) is 31.8 Å². The Hall–Kier alpha value is -0.380. The highest BCUT2D eigenvalue weighted by Crippen LogP contribution is 2.02. The highest BCUT2D eigenvalue weighted by molar-refractivity contribution is 4.71. The van der Waals surface area contributed by atoms with Crippen LogP contribution in [0.5, 0.6) is 0 Å². The van der Waals surface area contributed by atoms with Gasteiger partial charge in [0.15, 0.2) is 0 Å². The first-order chi connectivity index (χ1) is 7.83. The number of morpholine rings is 1. The third-order valence-electron chi connectivity index (χ3n) is 2.98. The van der Waals surface area contributed by atoms with Gasteiger partial charge >= 0.3 is 0 Å². The molecular weight excluding hydrogens is 200 g/mol. The Kier molecular flexibility index (Phi) is 7.47. The molecule has 1 unspecified atom stereocenters. The summed E-state index contributed by atoms with van der Waals surface area (Å²) < 4.78 is 5.68. The van der Waals surface area contributed by atoms with Crippen molar-refractivity contribution >= 4 is 0 Å². The Morgan fingerprint density at radius 1 is 1.44 bits per heavy atom. The number of allylic oxidation sites excluding steroid dienone is 1. The van der Waals surface area contributed by atoms with Crippen molar-refractivity contribution in [2.75, 3.05) is 39.8 Å². The lowest BCUT2D eigenvalue weighted by Crippen LogP contribution is -2.44. The molecule has 0 aromatic carbocycles. The molecule has 1 aliphatic heterocycles. The fourth-order valence-electron chi connectivity index (χ4n) is 1.97. The summed E-state index contributed by atoms with van der Waals surface area (Å²) >= 11 is 0. The normalized spacial score (nSPS) is 22.2. The molecule has 94 valence electrons. The van der Waals surface area contributed by atoms with E-state index in [4.69, 9.17) is 4.74 Å². The van der Waals surface area contributed by atoms with Crippen LogP contribution >= 0.6 is 0 Å². The van der Waals surface area contributed by atoms with Gasteiger partial charge < -0.3 is 15.0 Å². The highest BCUT2D eigenvalue weighted by Gasteiger charge is 2.16. The fraction of sp³-hybridized carbons (Fsp3) is 0.846. The number of nitrogens with one attached hydrogen (secondary N) is 1. The van der Waals surface area contributed by atoms with Crippen molar-refractivity contribution in [1.82, 2.24) is 10.2 Å². The summed E-state index contributed by atoms with van der Waals surface area (Å²) in [6.07, 6.45) is 7.36. The molecule has 1 N–H and O–H groups in total. The van der Waals surface area contributed by atoms with Gasteiger partial charge in [-0.15, -0.1) is 6.58 Å². The van der Waals surface area contributed by atoms with Gasteiger partial charge in [-0.25, -0.2) is 0 Å². The lowest BCUT2D eigenvalue weighted by molar-refractivity contribution is -0.0180. The van der Waals surface area contributed by atoms with E-state index in [-0.39, 0.29) is 0 Å². The Bertz CT molecular complexity index is 185. The van der Waals surface area contributed by atoms with Crippen LogP contribution in [0.3, 0.4) is 0 Å². The van der Waals surface area contributed by atoms with E-state index in [1.54, 1.807) is 0 Å². The first-order valence-electron chi connectivity index (χ1n) is 6.44. The molecule has 16 heavy (non-hydrogen) atoms. The topological polar surface area (TPSA) is 24.5 Å². The van der Waals surface area contributed by atoms with Crippen LogP contribution < -0.4 is 5.32 Å². The van der Waals surface area contributed by atoms with E-state index in [2.05, 4.69) is 23.8 Å². The second-order valence-corrected chi connectivity index (χ2v) is 4.60. The minimum atomic E-state index is 0.381. The first-order valence-corrected chi connectivity index (χ1v) is 6.44. The molecule has 1 fully saturated rings. The molecule has 0 radical (unpaired) electrons. The average Bonchev–Trinajstić information content (AvgIpc) is 2.28. The zero-order chi connectivity index (χ0) is 11.6. The van der Waals surface area contributed by atoms with Crippen LogP contribution in [-0.4, -0.2) is 50.8 Å². The Balaban J connectivity index is 1.88. The number of unbranched alkanes of at least 4 members (excludes halogenated alkanes) is 3. The van der Waals surface area contributed by atoms with E-state index in [0.29, 0.717) is 6.10 Å². The number of nitrogens with zero attached hydrogens (tertiary/aromatic N) is 1. The minimum Gasteiger partial charge on any atom is -0.374 e. The Morgan fingerprint density at radius 2 is 2.31 bits per heavy atom. The molecule has 0 spiro atoms. The third kappa shape index (κ3) is 6.26. The maximum absolute atomic E-state index is 5.68. The molecule has 1 rings (SSSR count). The summed E-state index contributed by atoms with van der Waals surface area (Å²) in [6.45, 7) is 8.83. The number of rotatable bonds is 8. The molecule has 0 saturated carbocycles. The van der Waals surface area contributed by atoms with Gasteiger partial charge in [0.2, 0.25) is 0 Å². The van der Waals surface area contributed by atoms with Gasteiger partial charge in [0, 0.05) is 19.6 Å². The monoisotopic (exact) mass is 226 g/mol. The molecule has 0 bridgehead atoms. The van der Waals surface area contributed by atoms with Crippen LogP contribution in [0.15, 0.2) is 12.7 Å². The number of ether oxygens (including phenoxy) is 1. The highest BCUT2D eigenvalue weighted by atomic mass is 16.5. The van der Waals surface area contributed by atoms with Gasteiger partial charge in [-0.05, 0) is 32.9 Å². The molecule has 1 heterocycles. The van der Waals surface area contributed by atoms with E-state index >= 15 is 0 Å². The van der Waals surface area contributed by atoms with Crippen molar-refractivity contribution < 1.29 is 4.74 Å². The van der Waals surface area contributed by atoms with Gasteiger partial charge in [-0.2, -0.15) is 0 Å². The zero-order valence-corrected chi connectivity index (χ0v) is 10.6. The number of hydrogen-bond acceptors (Lipinski definition) is 3. The minimum absolute atomic E-state index is 0.381. The zero-order valence-electron chi connectivity index (χ0n) is 10.6. The fourth-order valence-corrected chi connectivity index (χ4v) is 1.97. The molecule has 1 saturated heterocycles. The van der Waals surface area contributed by atoms with Crippen molar-refractivity contribution in [1.29, 1.82) is 0 Å². The standard InChI is InChI=1S/C13H26N2O/c1-3-4-5-6-7-8-14-11-13-12-15(2)9-10-16-13/h3,13-14H,1,4-12H2,2H3. The predicted octanol–water partition coefficient (Wildman–Crippen LogP) is 1.65. The second-order valence-electron chi connectivity index (χ2n) is 4.60. The lowest BCUT2D eigenvalue weighted by atomic mass is 10.2. The van der Waals surface area contributed by atoms with Gasteiger partial charge in [0.1, 0.15) is 0 Å². The summed E-state index contributed by atoms with van der Waals surface area (Å²) in [5.74, 6) is 0. The van der Waals surface area contributed by atoms with Gasteiger partial charge in [0.25, 0.3) is 0 Å². The second kappa shape index (κ2) is 8.74. The maximum atomic E-state index is 5.68. The number of hydrogen-bond donors (Lipinski definition) is 1. The molecule has 0 aromatic heterocycles. The molecule has 0 aliphatic carbocycles. The average molecular weight is 226 g/mol. The smallest absolute Gasteiger partial charge is 0.0826 e. The Labute approximate surface area is 99.8 Å². The van der Waals surface area contributed by atoms with Crippen LogP contribution in [0.2, 0.25) is 0 Å². The molecule has 1 aliphatic rings. The third-order valence-corrected chi connectivity index (χ3v) is 2.98. The molecule has 3 heteroatoms. The largest absolute Gasteiger partial charge is 0.374 e. The summed E-state index contributed by atoms with van der Waals surface area (Å²) in [4.78, 5) is 2.33. The van der Waals surface area contributed by atoms with Crippen molar-refractivity contribution in [3.63, 3.8) is 0 Å². The Morgan fingerprint density at radius 3 is 3.06 bits per heavy atom. The van der Waals surface area contributed by atoms with Crippen LogP contribution in [0, 0.1) is 0 Å². The summed E-state index contributed by atoms with van der Waals surface area (Å²) in [5.41, 5.74) is 0. The lowest BCUT2D eigenvalue weighted by Gasteiger charge is -2.30. The van der Waals surface area contributed by atoms with Crippen LogP contribution in [0.4, 0.5) is 0 Å². The van der Waals surface area contributed by atoms with Crippen molar-refractivity contribution in [2.24, 2.45) is 0 Å². The van der Waals surface area contributed by atoms with Crippen LogP contribution in [0.1, 0.15) is 25.7 Å². The van der Waals surface area contributed by atoms with Crippen LogP contribution in [-0.2, 0) is 4.74 Å². The van der Waals surface area contributed by atoms with Gasteiger partial charge in [-0.1, -0.05) is 12.5 Å². The van der Waals surface area contributed by atoms with Gasteiger partial charge in [-0.3, -0.25) is 0 Å². The van der Waals surface area contributed by atoms with Crippen LogP contribution in [0.25, 0.3) is 0 Å². The molecule has 0 amide bonds. The van der Waals surface area contributed by atoms with Crippen molar-refractivity contribution in [3.8, 4) is 0 Å². The van der Waals surface area contributed by atoms with E-state index in [1.165, 1.54) is 19.3 Å². The quantitative estimate of drug-likeness (QED) is 0.503. The van der Waals surface area contributed by atoms with Gasteiger partial charge in [0.05, 0.1) is 12.7 Å². The molecule has 3 nitrogen and oxygen atoms in total. The van der Waals surface area contributed by atoms with E-state index in [9.17, 15) is 0 Å².